The summed E-state index contributed by atoms with van der Waals surface area (Å²) in [4.78, 5) is 38.8. The van der Waals surface area contributed by atoms with Crippen molar-refractivity contribution in [2.24, 2.45) is 0 Å². The molecule has 0 atom stereocenters. The number of hydrogen-bond acceptors (Lipinski definition) is 8. The molecular formula is C17H17N3O8S. The van der Waals surface area contributed by atoms with Gasteiger partial charge in [-0.1, -0.05) is 22.7 Å². The molecule has 0 aromatic heterocycles. The molecular weight excluding hydrogens is 406 g/mol. The summed E-state index contributed by atoms with van der Waals surface area (Å²) >= 11 is 0. The lowest BCUT2D eigenvalue weighted by molar-refractivity contribution is -0.383. The number of hydrogen-bond donors (Lipinski definition) is 1. The van der Waals surface area contributed by atoms with Crippen LogP contribution in [0.3, 0.4) is 0 Å². The van der Waals surface area contributed by atoms with Crippen LogP contribution >= 0.6 is 0 Å². The fraction of sp³-hybridized carbons (Fsp3) is 0.176. The summed E-state index contributed by atoms with van der Waals surface area (Å²) in [5, 5.41) is 13.2. The first-order chi connectivity index (χ1) is 13.7. The highest BCUT2D eigenvalue weighted by molar-refractivity contribution is 7.89. The van der Waals surface area contributed by atoms with E-state index in [4.69, 9.17) is 4.74 Å². The molecule has 29 heavy (non-hydrogen) atoms. The first kappa shape index (κ1) is 21.9. The summed E-state index contributed by atoms with van der Waals surface area (Å²) in [6.07, 6.45) is 0. The molecule has 0 aliphatic carbocycles. The zero-order valence-electron chi connectivity index (χ0n) is 15.4. The number of amides is 1. The minimum absolute atomic E-state index is 0.0470. The van der Waals surface area contributed by atoms with Crippen molar-refractivity contribution < 1.29 is 32.5 Å². The molecule has 1 N–H and O–H groups in total. The standard InChI is InChI=1S/C17H17N3O8S/c1-19(27-2)29(25,26)13-7-5-6-12(10-13)17(22)28-11-16(21)18-14-8-3-4-9-15(14)20(23)24/h3-10H,11H2,1-2H3,(H,18,21). The molecule has 0 saturated carbocycles. The van der Waals surface area contributed by atoms with Gasteiger partial charge in [0.1, 0.15) is 5.69 Å². The third kappa shape index (κ3) is 5.34. The topological polar surface area (TPSA) is 145 Å². The Balaban J connectivity index is 2.06. The van der Waals surface area contributed by atoms with Crippen LogP contribution in [0.15, 0.2) is 53.4 Å². The number of carbonyl (C=O) groups excluding carboxylic acids is 2. The number of sulfonamides is 1. The summed E-state index contributed by atoms with van der Waals surface area (Å²) < 4.78 is 29.9. The van der Waals surface area contributed by atoms with Crippen molar-refractivity contribution >= 4 is 33.3 Å². The molecule has 0 unspecified atom stereocenters. The van der Waals surface area contributed by atoms with E-state index >= 15 is 0 Å². The summed E-state index contributed by atoms with van der Waals surface area (Å²) in [5.74, 6) is -1.74. The number of benzene rings is 2. The summed E-state index contributed by atoms with van der Waals surface area (Å²) in [6, 6.07) is 10.5. The van der Waals surface area contributed by atoms with Crippen molar-refractivity contribution in [1.82, 2.24) is 4.47 Å². The molecule has 1 amide bonds. The van der Waals surface area contributed by atoms with E-state index in [1.807, 2.05) is 0 Å². The van der Waals surface area contributed by atoms with E-state index in [1.165, 1.54) is 56.6 Å². The molecule has 2 aromatic carbocycles. The average molecular weight is 423 g/mol. The third-order valence-electron chi connectivity index (χ3n) is 3.67. The molecule has 11 nitrogen and oxygen atoms in total. The van der Waals surface area contributed by atoms with Crippen LogP contribution in [-0.4, -0.2) is 50.5 Å². The predicted octanol–water partition coefficient (Wildman–Crippen LogP) is 1.57. The molecule has 0 aliphatic heterocycles. The van der Waals surface area contributed by atoms with Crippen LogP contribution in [0, 0.1) is 10.1 Å². The largest absolute Gasteiger partial charge is 0.452 e. The van der Waals surface area contributed by atoms with Gasteiger partial charge in [0.25, 0.3) is 21.6 Å². The van der Waals surface area contributed by atoms with Crippen molar-refractivity contribution in [2.45, 2.75) is 4.90 Å². The Morgan fingerprint density at radius 3 is 2.52 bits per heavy atom. The third-order valence-corrected chi connectivity index (χ3v) is 5.35. The molecule has 2 rings (SSSR count). The minimum Gasteiger partial charge on any atom is -0.452 e. The Labute approximate surface area is 166 Å². The first-order valence-electron chi connectivity index (χ1n) is 8.00. The van der Waals surface area contributed by atoms with Crippen LogP contribution in [0.25, 0.3) is 0 Å². The van der Waals surface area contributed by atoms with Gasteiger partial charge in [0.2, 0.25) is 0 Å². The molecule has 0 saturated heterocycles. The molecule has 2 aromatic rings. The van der Waals surface area contributed by atoms with Crippen molar-refractivity contribution in [3.8, 4) is 0 Å². The minimum atomic E-state index is -3.97. The molecule has 0 heterocycles. The Hall–Kier alpha value is -3.35. The van der Waals surface area contributed by atoms with Crippen molar-refractivity contribution in [2.75, 3.05) is 26.1 Å². The monoisotopic (exact) mass is 423 g/mol. The Morgan fingerprint density at radius 2 is 1.86 bits per heavy atom. The number of esters is 1. The second-order valence-corrected chi connectivity index (χ2v) is 7.46. The van der Waals surface area contributed by atoms with Crippen LogP contribution in [0.4, 0.5) is 11.4 Å². The second-order valence-electron chi connectivity index (χ2n) is 5.52. The van der Waals surface area contributed by atoms with Crippen molar-refractivity contribution in [3.63, 3.8) is 0 Å². The number of nitro benzene ring substituents is 1. The molecule has 0 fully saturated rings. The Bertz CT molecular complexity index is 1040. The number of carbonyl (C=O) groups is 2. The SMILES string of the molecule is CON(C)S(=O)(=O)c1cccc(C(=O)OCC(=O)Nc2ccccc2[N+](=O)[O-])c1. The van der Waals surface area contributed by atoms with Gasteiger partial charge in [-0.05, 0) is 24.3 Å². The van der Waals surface area contributed by atoms with Crippen LogP contribution in [0.2, 0.25) is 0 Å². The lowest BCUT2D eigenvalue weighted by atomic mass is 10.2. The second kappa shape index (κ2) is 9.23. The van der Waals surface area contributed by atoms with E-state index < -0.39 is 33.4 Å². The van der Waals surface area contributed by atoms with E-state index in [0.29, 0.717) is 4.47 Å². The number of hydroxylamine groups is 1. The van der Waals surface area contributed by atoms with E-state index in [9.17, 15) is 28.1 Å². The number of para-hydroxylation sites is 2. The zero-order chi connectivity index (χ0) is 21.6. The predicted molar refractivity (Wildman–Crippen MR) is 100 cm³/mol. The summed E-state index contributed by atoms with van der Waals surface area (Å²) in [7, 11) is -1.61. The van der Waals surface area contributed by atoms with E-state index in [2.05, 4.69) is 10.2 Å². The normalized spacial score (nSPS) is 11.1. The molecule has 12 heteroatoms. The smallest absolute Gasteiger partial charge is 0.338 e. The fourth-order valence-corrected chi connectivity index (χ4v) is 3.19. The maximum Gasteiger partial charge on any atom is 0.338 e. The zero-order valence-corrected chi connectivity index (χ0v) is 16.2. The maximum atomic E-state index is 12.2. The molecule has 0 bridgehead atoms. The quantitative estimate of drug-likeness (QED) is 0.383. The first-order valence-corrected chi connectivity index (χ1v) is 9.44. The number of ether oxygens (including phenoxy) is 1. The number of nitrogens with one attached hydrogen (secondary N) is 1. The highest BCUT2D eigenvalue weighted by Crippen LogP contribution is 2.23. The number of nitro groups is 1. The van der Waals surface area contributed by atoms with E-state index in [-0.39, 0.29) is 21.8 Å². The van der Waals surface area contributed by atoms with Gasteiger partial charge in [0.05, 0.1) is 22.5 Å². The lowest BCUT2D eigenvalue weighted by Crippen LogP contribution is -2.26. The molecule has 0 radical (unpaired) electrons. The number of nitrogens with zero attached hydrogens (tertiary/aromatic N) is 2. The maximum absolute atomic E-state index is 12.2. The Kier molecular flexibility index (Phi) is 6.98. The highest BCUT2D eigenvalue weighted by Gasteiger charge is 2.22. The van der Waals surface area contributed by atoms with Gasteiger partial charge in [-0.25, -0.2) is 13.2 Å². The summed E-state index contributed by atoms with van der Waals surface area (Å²) in [5.41, 5.74) is -0.462. The van der Waals surface area contributed by atoms with Crippen molar-refractivity contribution in [1.29, 1.82) is 0 Å². The fourth-order valence-electron chi connectivity index (χ4n) is 2.17. The average Bonchev–Trinajstić information content (AvgIpc) is 2.71. The van der Waals surface area contributed by atoms with Crippen molar-refractivity contribution in [3.05, 3.63) is 64.2 Å². The van der Waals surface area contributed by atoms with Crippen LogP contribution in [0.5, 0.6) is 0 Å². The summed E-state index contributed by atoms with van der Waals surface area (Å²) in [6.45, 7) is -0.722. The number of rotatable bonds is 8. The van der Waals surface area contributed by atoms with Crippen LogP contribution < -0.4 is 5.32 Å². The van der Waals surface area contributed by atoms with Crippen LogP contribution in [0.1, 0.15) is 10.4 Å². The van der Waals surface area contributed by atoms with Gasteiger partial charge in [-0.15, -0.1) is 0 Å². The van der Waals surface area contributed by atoms with Gasteiger partial charge >= 0.3 is 5.97 Å². The van der Waals surface area contributed by atoms with Gasteiger partial charge in [-0.3, -0.25) is 19.7 Å². The van der Waals surface area contributed by atoms with Crippen LogP contribution in [-0.2, 0) is 24.4 Å². The van der Waals surface area contributed by atoms with Gasteiger partial charge in [-0.2, -0.15) is 0 Å². The van der Waals surface area contributed by atoms with Gasteiger partial charge < -0.3 is 10.1 Å². The van der Waals surface area contributed by atoms with E-state index in [0.717, 1.165) is 6.07 Å². The number of anilines is 1. The van der Waals surface area contributed by atoms with Gasteiger partial charge in [0, 0.05) is 13.1 Å². The Morgan fingerprint density at radius 1 is 1.17 bits per heavy atom. The molecule has 0 aliphatic rings. The van der Waals surface area contributed by atoms with E-state index in [1.54, 1.807) is 0 Å². The van der Waals surface area contributed by atoms with Gasteiger partial charge in [0.15, 0.2) is 6.61 Å². The lowest BCUT2D eigenvalue weighted by Gasteiger charge is -2.14. The molecule has 154 valence electrons. The molecule has 0 spiro atoms. The highest BCUT2D eigenvalue weighted by atomic mass is 32.2.